The second-order valence-electron chi connectivity index (χ2n) is 4.32. The van der Waals surface area contributed by atoms with Crippen molar-refractivity contribution in [2.24, 2.45) is 5.10 Å². The van der Waals surface area contributed by atoms with Crippen molar-refractivity contribution in [3.63, 3.8) is 0 Å². The van der Waals surface area contributed by atoms with Gasteiger partial charge < -0.3 is 0 Å². The van der Waals surface area contributed by atoms with Crippen molar-refractivity contribution >= 4 is 29.1 Å². The van der Waals surface area contributed by atoms with Gasteiger partial charge in [0.25, 0.3) is 5.69 Å². The van der Waals surface area contributed by atoms with E-state index in [4.69, 9.17) is 0 Å². The van der Waals surface area contributed by atoms with Gasteiger partial charge in [-0.2, -0.15) is 5.10 Å². The number of rotatable bonds is 5. The summed E-state index contributed by atoms with van der Waals surface area (Å²) in [5, 5.41) is 16.7. The fraction of sp³-hybridized carbons (Fsp3) is 0.143. The van der Waals surface area contributed by atoms with Crippen molar-refractivity contribution in [3.05, 3.63) is 61.8 Å². The van der Waals surface area contributed by atoms with Crippen LogP contribution in [0.25, 0.3) is 0 Å². The Bertz CT molecular complexity index is 694. The summed E-state index contributed by atoms with van der Waals surface area (Å²) in [6.45, 7) is 1.95. The first-order valence-electron chi connectivity index (χ1n) is 6.16. The van der Waals surface area contributed by atoms with Crippen LogP contribution < -0.4 is 5.43 Å². The number of nitrogens with zero attached hydrogens (tertiary/aromatic N) is 2. The maximum Gasteiger partial charge on any atom is 0.273 e. The summed E-state index contributed by atoms with van der Waals surface area (Å²) in [5.74, 6) is -0.394. The number of carbonyl (C=O) groups is 1. The number of benzene rings is 1. The summed E-state index contributed by atoms with van der Waals surface area (Å²) in [5.41, 5.74) is 3.76. The predicted octanol–water partition coefficient (Wildman–Crippen LogP) is 2.66. The number of nitro groups is 1. The van der Waals surface area contributed by atoms with Gasteiger partial charge in [0.15, 0.2) is 0 Å². The second-order valence-corrected chi connectivity index (χ2v) is 5.27. The molecule has 108 valence electrons. The van der Waals surface area contributed by atoms with Crippen LogP contribution in [0.2, 0.25) is 0 Å². The Morgan fingerprint density at radius 2 is 2.19 bits per heavy atom. The van der Waals surface area contributed by atoms with Crippen LogP contribution in [0.15, 0.2) is 40.8 Å². The van der Waals surface area contributed by atoms with Crippen LogP contribution in [0, 0.1) is 17.0 Å². The summed E-state index contributed by atoms with van der Waals surface area (Å²) in [6, 6.07) is 8.12. The van der Waals surface area contributed by atoms with Gasteiger partial charge in [-0.25, -0.2) is 5.43 Å². The Hall–Kier alpha value is -2.54. The fourth-order valence-electron chi connectivity index (χ4n) is 1.73. The molecule has 1 aromatic heterocycles. The molecule has 0 bridgehead atoms. The highest BCUT2D eigenvalue weighted by molar-refractivity contribution is 7.11. The highest BCUT2D eigenvalue weighted by Gasteiger charge is 2.14. The van der Waals surface area contributed by atoms with E-state index >= 15 is 0 Å². The lowest BCUT2D eigenvalue weighted by molar-refractivity contribution is -0.385. The van der Waals surface area contributed by atoms with Crippen molar-refractivity contribution in [2.75, 3.05) is 0 Å². The van der Waals surface area contributed by atoms with E-state index in [-0.39, 0.29) is 12.1 Å². The Balaban J connectivity index is 1.98. The third-order valence-electron chi connectivity index (χ3n) is 2.81. The van der Waals surface area contributed by atoms with Crippen LogP contribution in [0.4, 0.5) is 5.69 Å². The molecule has 0 spiro atoms. The summed E-state index contributed by atoms with van der Waals surface area (Å²) < 4.78 is 0. The van der Waals surface area contributed by atoms with Crippen LogP contribution in [-0.4, -0.2) is 17.0 Å². The van der Waals surface area contributed by atoms with Gasteiger partial charge in [0.2, 0.25) is 5.91 Å². The molecule has 0 aliphatic carbocycles. The van der Waals surface area contributed by atoms with Crippen molar-refractivity contribution in [1.29, 1.82) is 0 Å². The molecule has 0 atom stereocenters. The van der Waals surface area contributed by atoms with E-state index in [1.54, 1.807) is 24.4 Å². The van der Waals surface area contributed by atoms with E-state index in [1.165, 1.54) is 17.4 Å². The van der Waals surface area contributed by atoms with E-state index in [9.17, 15) is 14.9 Å². The molecule has 1 amide bonds. The predicted molar refractivity (Wildman–Crippen MR) is 81.6 cm³/mol. The number of para-hydroxylation sites is 1. The van der Waals surface area contributed by atoms with E-state index in [0.717, 1.165) is 10.4 Å². The average molecular weight is 303 g/mol. The summed E-state index contributed by atoms with van der Waals surface area (Å²) in [6.07, 6.45) is 1.48. The Morgan fingerprint density at radius 1 is 1.43 bits per heavy atom. The zero-order chi connectivity index (χ0) is 15.2. The molecule has 0 saturated carbocycles. The van der Waals surface area contributed by atoms with Gasteiger partial charge >= 0.3 is 0 Å². The van der Waals surface area contributed by atoms with Crippen LogP contribution in [0.5, 0.6) is 0 Å². The first-order valence-corrected chi connectivity index (χ1v) is 7.04. The normalized spacial score (nSPS) is 10.7. The second kappa shape index (κ2) is 6.76. The van der Waals surface area contributed by atoms with Crippen molar-refractivity contribution in [3.8, 4) is 0 Å². The number of nitrogens with one attached hydrogen (secondary N) is 1. The van der Waals surface area contributed by atoms with Gasteiger partial charge in [0.1, 0.15) is 0 Å². The lowest BCUT2D eigenvalue weighted by Gasteiger charge is -2.01. The Morgan fingerprint density at radius 3 is 2.86 bits per heavy atom. The van der Waals surface area contributed by atoms with Gasteiger partial charge in [-0.05, 0) is 23.9 Å². The number of hydrazone groups is 1. The monoisotopic (exact) mass is 303 g/mol. The number of aryl methyl sites for hydroxylation is 1. The summed E-state index contributed by atoms with van der Waals surface area (Å²) in [4.78, 5) is 23.1. The molecule has 0 radical (unpaired) electrons. The van der Waals surface area contributed by atoms with E-state index in [1.807, 2.05) is 18.4 Å². The van der Waals surface area contributed by atoms with Gasteiger partial charge in [-0.15, -0.1) is 11.3 Å². The molecule has 6 nitrogen and oxygen atoms in total. The maximum absolute atomic E-state index is 11.8. The van der Waals surface area contributed by atoms with Gasteiger partial charge in [-0.1, -0.05) is 18.2 Å². The smallest absolute Gasteiger partial charge is 0.273 e. The molecule has 0 aliphatic heterocycles. The van der Waals surface area contributed by atoms with Gasteiger partial charge in [0, 0.05) is 16.5 Å². The van der Waals surface area contributed by atoms with Crippen molar-refractivity contribution in [1.82, 2.24) is 5.43 Å². The largest absolute Gasteiger partial charge is 0.273 e. The Labute approximate surface area is 125 Å². The topological polar surface area (TPSA) is 84.6 Å². The number of hydrogen-bond donors (Lipinski definition) is 1. The minimum atomic E-state index is -0.499. The molecule has 2 aromatic rings. The number of hydrogen-bond acceptors (Lipinski definition) is 5. The number of carbonyl (C=O) groups excluding carboxylic acids is 1. The first-order chi connectivity index (χ1) is 10.1. The van der Waals surface area contributed by atoms with E-state index < -0.39 is 10.8 Å². The molecule has 2 rings (SSSR count). The van der Waals surface area contributed by atoms with Crippen molar-refractivity contribution < 1.29 is 9.72 Å². The van der Waals surface area contributed by atoms with E-state index in [2.05, 4.69) is 10.5 Å². The third kappa shape index (κ3) is 3.96. The minimum Gasteiger partial charge on any atom is -0.273 e. The zero-order valence-corrected chi connectivity index (χ0v) is 12.1. The molecule has 7 heteroatoms. The SMILES string of the molecule is Cc1ccsc1/C=N/NC(=O)Cc1ccccc1[N+](=O)[O-]. The molecule has 0 saturated heterocycles. The fourth-order valence-corrected chi connectivity index (χ4v) is 2.52. The van der Waals surface area contributed by atoms with Crippen LogP contribution in [0.1, 0.15) is 16.0 Å². The molecule has 0 aliphatic rings. The van der Waals surface area contributed by atoms with Crippen molar-refractivity contribution in [2.45, 2.75) is 13.3 Å². The molecular weight excluding hydrogens is 290 g/mol. The lowest BCUT2D eigenvalue weighted by Crippen LogP contribution is -2.20. The van der Waals surface area contributed by atoms with Crippen LogP contribution >= 0.6 is 11.3 Å². The molecule has 1 aromatic carbocycles. The first kappa shape index (κ1) is 14.9. The molecule has 1 N–H and O–H groups in total. The highest BCUT2D eigenvalue weighted by atomic mass is 32.1. The highest BCUT2D eigenvalue weighted by Crippen LogP contribution is 2.18. The summed E-state index contributed by atoms with van der Waals surface area (Å²) in [7, 11) is 0. The zero-order valence-electron chi connectivity index (χ0n) is 11.3. The standard InChI is InChI=1S/C14H13N3O3S/c1-10-6-7-21-13(10)9-15-16-14(18)8-11-4-2-3-5-12(11)17(19)20/h2-7,9H,8H2,1H3,(H,16,18)/b15-9+. The summed E-state index contributed by atoms with van der Waals surface area (Å²) >= 11 is 1.52. The number of nitro benzene ring substituents is 1. The van der Waals surface area contributed by atoms with E-state index in [0.29, 0.717) is 5.56 Å². The number of thiophene rings is 1. The van der Waals surface area contributed by atoms with Gasteiger partial charge in [0.05, 0.1) is 17.6 Å². The van der Waals surface area contributed by atoms with Crippen LogP contribution in [0.3, 0.4) is 0 Å². The molecule has 21 heavy (non-hydrogen) atoms. The molecular formula is C14H13N3O3S. The Kier molecular flexibility index (Phi) is 4.78. The van der Waals surface area contributed by atoms with Crippen LogP contribution in [-0.2, 0) is 11.2 Å². The van der Waals surface area contributed by atoms with Gasteiger partial charge in [-0.3, -0.25) is 14.9 Å². The maximum atomic E-state index is 11.8. The lowest BCUT2D eigenvalue weighted by atomic mass is 10.1. The quantitative estimate of drug-likeness (QED) is 0.523. The average Bonchev–Trinajstić information content (AvgIpc) is 2.85. The molecule has 1 heterocycles. The third-order valence-corrected chi connectivity index (χ3v) is 3.77. The molecule has 0 fully saturated rings. The number of amides is 1. The minimum absolute atomic E-state index is 0.0641. The molecule has 0 unspecified atom stereocenters.